The number of fused-ring (bicyclic) bond motifs is 1. The van der Waals surface area contributed by atoms with Crippen LogP contribution in [0.15, 0.2) is 29.2 Å². The van der Waals surface area contributed by atoms with Crippen molar-refractivity contribution in [3.63, 3.8) is 0 Å². The fourth-order valence-electron chi connectivity index (χ4n) is 2.13. The first-order valence-corrected chi connectivity index (χ1v) is 9.95. The van der Waals surface area contributed by atoms with Crippen molar-refractivity contribution in [3.05, 3.63) is 34.7 Å². The lowest BCUT2D eigenvalue weighted by molar-refractivity contribution is 0.0531. The van der Waals surface area contributed by atoms with Crippen LogP contribution < -0.4 is 5.32 Å². The first kappa shape index (κ1) is 16.3. The number of carbonyl (C=O) groups excluding carboxylic acids is 1. The van der Waals surface area contributed by atoms with Gasteiger partial charge in [0.1, 0.15) is 4.88 Å². The maximum absolute atomic E-state index is 11.9. The lowest BCUT2D eigenvalue weighted by atomic mass is 10.3. The third-order valence-corrected chi connectivity index (χ3v) is 6.00. The summed E-state index contributed by atoms with van der Waals surface area (Å²) in [5.74, 6) is -0.267. The molecule has 0 radical (unpaired) electrons. The number of thiazole rings is 1. The molecule has 3 aromatic rings. The van der Waals surface area contributed by atoms with Crippen LogP contribution in [-0.2, 0) is 4.74 Å². The fourth-order valence-corrected chi connectivity index (χ4v) is 4.60. The smallest absolute Gasteiger partial charge is 0.348 e. The Hall–Kier alpha value is -1.57. The van der Waals surface area contributed by atoms with E-state index in [9.17, 15) is 4.79 Å². The molecule has 4 nitrogen and oxygen atoms in total. The number of thiophene rings is 1. The van der Waals surface area contributed by atoms with Crippen LogP contribution in [0.5, 0.6) is 0 Å². The summed E-state index contributed by atoms with van der Waals surface area (Å²) < 4.78 is 6.23. The second-order valence-corrected chi connectivity index (χ2v) is 7.78. The molecule has 0 unspecified atom stereocenters. The van der Waals surface area contributed by atoms with Crippen LogP contribution in [0, 0.1) is 6.92 Å². The van der Waals surface area contributed by atoms with Crippen LogP contribution in [-0.4, -0.2) is 23.8 Å². The average Bonchev–Trinajstić information content (AvgIpc) is 3.09. The van der Waals surface area contributed by atoms with Crippen molar-refractivity contribution in [1.82, 2.24) is 4.98 Å². The summed E-state index contributed by atoms with van der Waals surface area (Å²) in [4.78, 5) is 18.3. The first-order chi connectivity index (χ1) is 11.1. The number of benzene rings is 1. The van der Waals surface area contributed by atoms with Crippen molar-refractivity contribution in [2.45, 2.75) is 18.7 Å². The predicted octanol–water partition coefficient (Wildman–Crippen LogP) is 5.31. The molecule has 1 N–H and O–H groups in total. The Morgan fingerprint density at radius 3 is 2.91 bits per heavy atom. The molecule has 0 spiro atoms. The molecule has 0 fully saturated rings. The molecule has 2 aromatic heterocycles. The normalized spacial score (nSPS) is 10.9. The number of esters is 1. The maximum atomic E-state index is 11.9. The van der Waals surface area contributed by atoms with Gasteiger partial charge in [0, 0.05) is 4.90 Å². The summed E-state index contributed by atoms with van der Waals surface area (Å²) in [6.07, 6.45) is 2.06. The van der Waals surface area contributed by atoms with E-state index in [2.05, 4.69) is 28.7 Å². The van der Waals surface area contributed by atoms with Crippen LogP contribution in [0.4, 0.5) is 10.1 Å². The monoisotopic (exact) mass is 364 g/mol. The molecule has 0 bridgehead atoms. The zero-order chi connectivity index (χ0) is 16.4. The Labute approximate surface area is 146 Å². The largest absolute Gasteiger partial charge is 0.462 e. The van der Waals surface area contributed by atoms with E-state index < -0.39 is 0 Å². The zero-order valence-corrected chi connectivity index (χ0v) is 15.5. The Bertz CT molecular complexity index is 854. The number of rotatable bonds is 5. The van der Waals surface area contributed by atoms with Crippen molar-refractivity contribution < 1.29 is 9.53 Å². The van der Waals surface area contributed by atoms with Gasteiger partial charge < -0.3 is 10.1 Å². The molecule has 0 aliphatic heterocycles. The first-order valence-electron chi connectivity index (χ1n) is 7.10. The van der Waals surface area contributed by atoms with Crippen LogP contribution in [0.2, 0.25) is 0 Å². The van der Waals surface area contributed by atoms with Gasteiger partial charge in [0.2, 0.25) is 0 Å². The summed E-state index contributed by atoms with van der Waals surface area (Å²) in [5, 5.41) is 5.03. The van der Waals surface area contributed by atoms with Gasteiger partial charge in [-0.25, -0.2) is 9.78 Å². The van der Waals surface area contributed by atoms with E-state index in [4.69, 9.17) is 4.74 Å². The molecule has 0 amide bonds. The second kappa shape index (κ2) is 6.90. The molecular weight excluding hydrogens is 348 g/mol. The lowest BCUT2D eigenvalue weighted by Crippen LogP contribution is -2.03. The van der Waals surface area contributed by atoms with Gasteiger partial charge in [-0.2, -0.15) is 0 Å². The number of thioether (sulfide) groups is 1. The molecule has 0 saturated heterocycles. The lowest BCUT2D eigenvalue weighted by Gasteiger charge is -1.99. The fraction of sp³-hybridized carbons (Fsp3) is 0.250. The third kappa shape index (κ3) is 3.52. The van der Waals surface area contributed by atoms with Crippen molar-refractivity contribution in [1.29, 1.82) is 0 Å². The van der Waals surface area contributed by atoms with Gasteiger partial charge >= 0.3 is 5.97 Å². The minimum Gasteiger partial charge on any atom is -0.462 e. The van der Waals surface area contributed by atoms with E-state index >= 15 is 0 Å². The van der Waals surface area contributed by atoms with Gasteiger partial charge in [0.25, 0.3) is 0 Å². The van der Waals surface area contributed by atoms with Gasteiger partial charge in [0.15, 0.2) is 5.13 Å². The quantitative estimate of drug-likeness (QED) is 0.491. The highest BCUT2D eigenvalue weighted by atomic mass is 32.2. The SMILES string of the molecule is CCOC(=O)c1sc(Nc2nc3ccc(SC)cc3s2)cc1C. The predicted molar refractivity (Wildman–Crippen MR) is 99.7 cm³/mol. The summed E-state index contributed by atoms with van der Waals surface area (Å²) in [6.45, 7) is 4.11. The van der Waals surface area contributed by atoms with E-state index in [0.717, 1.165) is 25.9 Å². The molecule has 3 rings (SSSR count). The molecular formula is C16H16N2O2S3. The highest BCUT2D eigenvalue weighted by Gasteiger charge is 2.15. The zero-order valence-electron chi connectivity index (χ0n) is 13.0. The minimum atomic E-state index is -0.267. The number of aryl methyl sites for hydroxylation is 1. The number of hydrogen-bond donors (Lipinski definition) is 1. The van der Waals surface area contributed by atoms with Gasteiger partial charge in [0.05, 0.1) is 21.8 Å². The van der Waals surface area contributed by atoms with Crippen LogP contribution in [0.1, 0.15) is 22.2 Å². The Morgan fingerprint density at radius 1 is 1.35 bits per heavy atom. The molecule has 7 heteroatoms. The Morgan fingerprint density at radius 2 is 2.17 bits per heavy atom. The summed E-state index contributed by atoms with van der Waals surface area (Å²) >= 11 is 4.73. The van der Waals surface area contributed by atoms with E-state index in [1.807, 2.05) is 26.0 Å². The summed E-state index contributed by atoms with van der Waals surface area (Å²) in [5.41, 5.74) is 1.90. The van der Waals surface area contributed by atoms with E-state index in [1.165, 1.54) is 16.2 Å². The van der Waals surface area contributed by atoms with Crippen molar-refractivity contribution in [3.8, 4) is 0 Å². The Balaban J connectivity index is 1.84. The molecule has 23 heavy (non-hydrogen) atoms. The topological polar surface area (TPSA) is 51.2 Å². The van der Waals surface area contributed by atoms with Gasteiger partial charge in [-0.3, -0.25) is 0 Å². The van der Waals surface area contributed by atoms with Crippen LogP contribution in [0.3, 0.4) is 0 Å². The number of carbonyl (C=O) groups is 1. The van der Waals surface area contributed by atoms with Crippen molar-refractivity contribution >= 4 is 60.8 Å². The number of nitrogens with one attached hydrogen (secondary N) is 1. The number of anilines is 2. The molecule has 120 valence electrons. The molecule has 0 aliphatic carbocycles. The minimum absolute atomic E-state index is 0.267. The van der Waals surface area contributed by atoms with Crippen LogP contribution >= 0.6 is 34.4 Å². The van der Waals surface area contributed by atoms with Gasteiger partial charge in [-0.1, -0.05) is 11.3 Å². The van der Waals surface area contributed by atoms with Crippen molar-refractivity contribution in [2.24, 2.45) is 0 Å². The van der Waals surface area contributed by atoms with E-state index in [0.29, 0.717) is 11.5 Å². The van der Waals surface area contributed by atoms with Crippen molar-refractivity contribution in [2.75, 3.05) is 18.2 Å². The number of aromatic nitrogens is 1. The summed E-state index contributed by atoms with van der Waals surface area (Å²) in [6, 6.07) is 8.21. The molecule has 0 aliphatic rings. The third-order valence-electron chi connectivity index (χ3n) is 3.20. The molecule has 0 atom stereocenters. The Kier molecular flexibility index (Phi) is 4.89. The molecule has 2 heterocycles. The molecule has 1 aromatic carbocycles. The highest BCUT2D eigenvalue weighted by molar-refractivity contribution is 7.98. The maximum Gasteiger partial charge on any atom is 0.348 e. The van der Waals surface area contributed by atoms with E-state index in [1.54, 1.807) is 23.1 Å². The molecule has 0 saturated carbocycles. The number of hydrogen-bond acceptors (Lipinski definition) is 7. The highest BCUT2D eigenvalue weighted by Crippen LogP contribution is 2.34. The standard InChI is InChI=1S/C16H16N2O2S3/c1-4-20-15(19)14-9(2)7-13(23-14)18-16-17-11-6-5-10(21-3)8-12(11)22-16/h5-8H,4H2,1-3H3,(H,17,18). The van der Waals surface area contributed by atoms with E-state index in [-0.39, 0.29) is 5.97 Å². The van der Waals surface area contributed by atoms with Gasteiger partial charge in [-0.15, -0.1) is 23.1 Å². The van der Waals surface area contributed by atoms with Gasteiger partial charge in [-0.05, 0) is 49.9 Å². The summed E-state index contributed by atoms with van der Waals surface area (Å²) in [7, 11) is 0. The average molecular weight is 365 g/mol. The number of ether oxygens (including phenoxy) is 1. The second-order valence-electron chi connectivity index (χ2n) is 4.82. The van der Waals surface area contributed by atoms with Crippen LogP contribution in [0.25, 0.3) is 10.2 Å². The number of nitrogens with zero attached hydrogens (tertiary/aromatic N) is 1.